The minimum absolute atomic E-state index is 0.0685. The van der Waals surface area contributed by atoms with Gasteiger partial charge in [0.25, 0.3) is 0 Å². The van der Waals surface area contributed by atoms with Crippen molar-refractivity contribution in [3.63, 3.8) is 0 Å². The number of hydroxylamine groups is 2. The third kappa shape index (κ3) is 3.59. The maximum Gasteiger partial charge on any atom is 0.365 e. The number of urea groups is 1. The number of benzene rings is 2. The lowest BCUT2D eigenvalue weighted by molar-refractivity contribution is -0.0845. The molecule has 2 amide bonds. The van der Waals surface area contributed by atoms with Crippen LogP contribution in [0.4, 0.5) is 18.0 Å². The number of amides is 2. The highest BCUT2D eigenvalue weighted by Crippen LogP contribution is 2.57. The fraction of sp³-hybridized carbons (Fsp3) is 0.333. The van der Waals surface area contributed by atoms with Gasteiger partial charge in [-0.3, -0.25) is 4.84 Å². The number of hydrogen-bond donors (Lipinski definition) is 1. The van der Waals surface area contributed by atoms with Gasteiger partial charge in [0.1, 0.15) is 28.2 Å². The Morgan fingerprint density at radius 3 is 2.75 bits per heavy atom. The van der Waals surface area contributed by atoms with Gasteiger partial charge in [-0.25, -0.2) is 23.0 Å². The summed E-state index contributed by atoms with van der Waals surface area (Å²) in [6.45, 7) is 0.421. The molecule has 7 nitrogen and oxygen atoms in total. The second-order valence-corrected chi connectivity index (χ2v) is 8.54. The summed E-state index contributed by atoms with van der Waals surface area (Å²) in [4.78, 5) is 17.0. The predicted octanol–water partition coefficient (Wildman–Crippen LogP) is 3.64. The zero-order valence-electron chi connectivity index (χ0n) is 17.3. The van der Waals surface area contributed by atoms with Gasteiger partial charge in [-0.1, -0.05) is 11.8 Å². The first kappa shape index (κ1) is 22.4. The predicted molar refractivity (Wildman–Crippen MR) is 113 cm³/mol. The molecule has 170 valence electrons. The van der Waals surface area contributed by atoms with Gasteiger partial charge in [0.2, 0.25) is 0 Å². The van der Waals surface area contributed by atoms with Crippen LogP contribution in [0.25, 0.3) is 0 Å². The molecule has 0 saturated heterocycles. The second kappa shape index (κ2) is 8.64. The third-order valence-electron chi connectivity index (χ3n) is 5.48. The summed E-state index contributed by atoms with van der Waals surface area (Å²) in [5.41, 5.74) is 6.07. The van der Waals surface area contributed by atoms with Gasteiger partial charge < -0.3 is 10.5 Å². The molecule has 2 aliphatic heterocycles. The normalized spacial score (nSPS) is 21.9. The molecule has 0 bridgehead atoms. The molecule has 0 fully saturated rings. The summed E-state index contributed by atoms with van der Waals surface area (Å²) in [6, 6.07) is 6.29. The van der Waals surface area contributed by atoms with Crippen LogP contribution in [0.3, 0.4) is 0 Å². The fourth-order valence-electron chi connectivity index (χ4n) is 3.88. The highest BCUT2D eigenvalue weighted by Gasteiger charge is 2.58. The van der Waals surface area contributed by atoms with Crippen molar-refractivity contribution in [2.45, 2.75) is 11.3 Å². The van der Waals surface area contributed by atoms with Crippen LogP contribution < -0.4 is 10.5 Å². The van der Waals surface area contributed by atoms with Gasteiger partial charge in [0, 0.05) is 24.1 Å². The molecular formula is C21H21F3N4O3S. The van der Waals surface area contributed by atoms with Gasteiger partial charge in [-0.2, -0.15) is 10.1 Å². The molecule has 0 aliphatic carbocycles. The summed E-state index contributed by atoms with van der Waals surface area (Å²) < 4.78 is 48.8. The molecule has 2 aromatic carbocycles. The van der Waals surface area contributed by atoms with Crippen LogP contribution in [0.1, 0.15) is 17.5 Å². The average molecular weight is 466 g/mol. The van der Waals surface area contributed by atoms with Crippen LogP contribution in [-0.4, -0.2) is 48.5 Å². The van der Waals surface area contributed by atoms with E-state index < -0.39 is 34.3 Å². The van der Waals surface area contributed by atoms with Crippen LogP contribution >= 0.6 is 11.8 Å². The van der Waals surface area contributed by atoms with Gasteiger partial charge in [0.15, 0.2) is 4.87 Å². The zero-order chi connectivity index (χ0) is 23.0. The van der Waals surface area contributed by atoms with Crippen molar-refractivity contribution in [2.24, 2.45) is 16.8 Å². The Hall–Kier alpha value is -2.76. The number of nitrogens with zero attached hydrogens (tertiary/aromatic N) is 3. The molecule has 4 rings (SSSR count). The van der Waals surface area contributed by atoms with E-state index in [9.17, 15) is 18.0 Å². The molecule has 1 spiro atoms. The fourth-order valence-corrected chi connectivity index (χ4v) is 5.39. The van der Waals surface area contributed by atoms with Crippen molar-refractivity contribution in [2.75, 3.05) is 27.3 Å². The van der Waals surface area contributed by atoms with Crippen LogP contribution in [-0.2, 0) is 9.71 Å². The number of hydrogen-bond acceptors (Lipinski definition) is 6. The van der Waals surface area contributed by atoms with Crippen LogP contribution in [0.15, 0.2) is 41.5 Å². The average Bonchev–Trinajstić information content (AvgIpc) is 3.17. The quantitative estimate of drug-likeness (QED) is 0.696. The molecule has 0 saturated carbocycles. The van der Waals surface area contributed by atoms with Crippen molar-refractivity contribution >= 4 is 22.8 Å². The lowest BCUT2D eigenvalue weighted by atomic mass is 9.86. The van der Waals surface area contributed by atoms with E-state index in [1.165, 1.54) is 32.4 Å². The number of fused-ring (bicyclic) bond motifs is 2. The van der Waals surface area contributed by atoms with E-state index in [2.05, 4.69) is 5.10 Å². The van der Waals surface area contributed by atoms with Gasteiger partial charge in [-0.05, 0) is 49.4 Å². The van der Waals surface area contributed by atoms with Crippen molar-refractivity contribution in [3.05, 3.63) is 65.0 Å². The highest BCUT2D eigenvalue weighted by atomic mass is 32.2. The Labute approximate surface area is 186 Å². The smallest absolute Gasteiger partial charge is 0.365 e. The molecule has 2 atom stereocenters. The number of carbonyl (C=O) groups excluding carboxylic acids is 1. The Kier molecular flexibility index (Phi) is 6.06. The standard InChI is InChI=1S/C21H21F3N4O3S/c1-27(30-2)20(29)28-21(32-19(26-28)15-9-13(22)3-5-17(15)24)12(7-8-25)11-31-18-6-4-14(23)10-16(18)21/h3-6,9-10,12H,7-8,11,25H2,1-2H3/t12-,21+/m0/s1. The number of nitrogens with two attached hydrogens (primary N) is 1. The number of rotatable bonds is 4. The maximum absolute atomic E-state index is 14.6. The molecule has 32 heavy (non-hydrogen) atoms. The summed E-state index contributed by atoms with van der Waals surface area (Å²) in [5.74, 6) is -1.97. The third-order valence-corrected chi connectivity index (χ3v) is 7.01. The Morgan fingerprint density at radius 2 is 2.03 bits per heavy atom. The number of carbonyl (C=O) groups is 1. The van der Waals surface area contributed by atoms with Crippen LogP contribution in [0.2, 0.25) is 0 Å². The van der Waals surface area contributed by atoms with Crippen LogP contribution in [0, 0.1) is 23.4 Å². The minimum Gasteiger partial charge on any atom is -0.493 e. The van der Waals surface area contributed by atoms with Gasteiger partial charge in [-0.15, -0.1) is 0 Å². The number of thioether (sulfide) groups is 1. The van der Waals surface area contributed by atoms with Gasteiger partial charge >= 0.3 is 6.03 Å². The molecule has 2 N–H and O–H groups in total. The molecule has 0 unspecified atom stereocenters. The van der Waals surface area contributed by atoms with E-state index >= 15 is 0 Å². The molecule has 0 radical (unpaired) electrons. The first-order valence-corrected chi connectivity index (χ1v) is 10.6. The number of hydrazone groups is 1. The van der Waals surface area contributed by atoms with Gasteiger partial charge in [0.05, 0.1) is 13.7 Å². The summed E-state index contributed by atoms with van der Waals surface area (Å²) in [7, 11) is 2.69. The summed E-state index contributed by atoms with van der Waals surface area (Å²) in [5, 5.41) is 6.53. The monoisotopic (exact) mass is 466 g/mol. The topological polar surface area (TPSA) is 80.4 Å². The van der Waals surface area contributed by atoms with Crippen molar-refractivity contribution in [1.82, 2.24) is 10.1 Å². The summed E-state index contributed by atoms with van der Waals surface area (Å²) >= 11 is 1.04. The molecular weight excluding hydrogens is 445 g/mol. The van der Waals surface area contributed by atoms with Crippen molar-refractivity contribution < 1.29 is 27.5 Å². The zero-order valence-corrected chi connectivity index (χ0v) is 18.2. The van der Waals surface area contributed by atoms with Crippen molar-refractivity contribution in [1.29, 1.82) is 0 Å². The molecule has 0 aromatic heterocycles. The first-order valence-electron chi connectivity index (χ1n) is 9.79. The Balaban J connectivity index is 1.94. The highest BCUT2D eigenvalue weighted by molar-refractivity contribution is 8.15. The number of ether oxygens (including phenoxy) is 1. The SMILES string of the molecule is CON(C)C(=O)N1N=C(c2cc(F)ccc2F)S[C@]12c1cc(F)ccc1OC[C@@H]2CCN. The second-order valence-electron chi connectivity index (χ2n) is 7.33. The summed E-state index contributed by atoms with van der Waals surface area (Å²) in [6.07, 6.45) is 0.401. The van der Waals surface area contributed by atoms with E-state index in [0.29, 0.717) is 17.7 Å². The Bertz CT molecular complexity index is 1090. The lowest BCUT2D eigenvalue weighted by Gasteiger charge is -2.45. The molecule has 2 aromatic rings. The molecule has 2 heterocycles. The number of halogens is 3. The van der Waals surface area contributed by atoms with E-state index in [-0.39, 0.29) is 23.8 Å². The van der Waals surface area contributed by atoms with Crippen molar-refractivity contribution in [3.8, 4) is 5.75 Å². The largest absolute Gasteiger partial charge is 0.493 e. The van der Waals surface area contributed by atoms with E-state index in [4.69, 9.17) is 15.3 Å². The van der Waals surface area contributed by atoms with E-state index in [1.807, 2.05) is 0 Å². The maximum atomic E-state index is 14.6. The van der Waals surface area contributed by atoms with E-state index in [1.54, 1.807) is 0 Å². The van der Waals surface area contributed by atoms with Crippen LogP contribution in [0.5, 0.6) is 5.75 Å². The molecule has 11 heteroatoms. The Morgan fingerprint density at radius 1 is 1.31 bits per heavy atom. The first-order chi connectivity index (χ1) is 15.3. The minimum atomic E-state index is -1.31. The molecule has 2 aliphatic rings. The van der Waals surface area contributed by atoms with E-state index in [0.717, 1.165) is 40.0 Å². The lowest BCUT2D eigenvalue weighted by Crippen LogP contribution is -2.54.